The molecule has 0 aromatic heterocycles. The monoisotopic (exact) mass is 230 g/mol. The minimum atomic E-state index is -0.526. The van der Waals surface area contributed by atoms with E-state index < -0.39 is 6.17 Å². The first-order chi connectivity index (χ1) is 5.65. The first-order valence-electron chi connectivity index (χ1n) is 3.56. The molecule has 0 fully saturated rings. The van der Waals surface area contributed by atoms with Gasteiger partial charge in [-0.3, -0.25) is 0 Å². The third kappa shape index (κ3) is 2.04. The van der Waals surface area contributed by atoms with E-state index in [0.29, 0.717) is 0 Å². The Hall–Kier alpha value is -0.420. The van der Waals surface area contributed by atoms with Crippen molar-refractivity contribution in [2.75, 3.05) is 0 Å². The van der Waals surface area contributed by atoms with Gasteiger partial charge in [0.1, 0.15) is 6.17 Å². The summed E-state index contributed by atoms with van der Waals surface area (Å²) in [6.45, 7) is 1.99. The zero-order valence-electron chi connectivity index (χ0n) is 6.71. The Morgan fingerprint density at radius 3 is 2.75 bits per heavy atom. The Kier molecular flexibility index (Phi) is 3.22. The summed E-state index contributed by atoms with van der Waals surface area (Å²) in [7, 11) is 0. The SMILES string of the molecule is Cc1ccc(C(N)NO)cc1Br. The number of halogens is 1. The number of benzene rings is 1. The van der Waals surface area contributed by atoms with E-state index in [-0.39, 0.29) is 0 Å². The van der Waals surface area contributed by atoms with Crippen LogP contribution in [0.1, 0.15) is 17.3 Å². The molecule has 0 aliphatic rings. The molecule has 0 aliphatic carbocycles. The molecule has 66 valence electrons. The molecule has 12 heavy (non-hydrogen) atoms. The zero-order valence-corrected chi connectivity index (χ0v) is 8.30. The summed E-state index contributed by atoms with van der Waals surface area (Å²) in [5, 5.41) is 8.56. The highest BCUT2D eigenvalue weighted by molar-refractivity contribution is 9.10. The van der Waals surface area contributed by atoms with Gasteiger partial charge < -0.3 is 10.9 Å². The molecule has 0 saturated heterocycles. The number of hydrogen-bond acceptors (Lipinski definition) is 3. The van der Waals surface area contributed by atoms with E-state index in [9.17, 15) is 0 Å². The standard InChI is InChI=1S/C8H11BrN2O/c1-5-2-3-6(4-7(5)9)8(10)11-12/h2-4,8,11-12H,10H2,1H3. The van der Waals surface area contributed by atoms with Crippen molar-refractivity contribution < 1.29 is 5.21 Å². The van der Waals surface area contributed by atoms with Crippen molar-refractivity contribution in [1.82, 2.24) is 5.48 Å². The summed E-state index contributed by atoms with van der Waals surface area (Å²) in [4.78, 5) is 0. The second-order valence-corrected chi connectivity index (χ2v) is 3.47. The van der Waals surface area contributed by atoms with E-state index in [0.717, 1.165) is 15.6 Å². The van der Waals surface area contributed by atoms with E-state index >= 15 is 0 Å². The van der Waals surface area contributed by atoms with Crippen molar-refractivity contribution in [2.45, 2.75) is 13.1 Å². The van der Waals surface area contributed by atoms with Gasteiger partial charge in [0.2, 0.25) is 0 Å². The lowest BCUT2D eigenvalue weighted by atomic mass is 10.1. The topological polar surface area (TPSA) is 58.3 Å². The van der Waals surface area contributed by atoms with Gasteiger partial charge in [0.25, 0.3) is 0 Å². The molecule has 0 aliphatic heterocycles. The Labute approximate surface area is 79.7 Å². The van der Waals surface area contributed by atoms with Crippen molar-refractivity contribution in [1.29, 1.82) is 0 Å². The van der Waals surface area contributed by atoms with Crippen LogP contribution in [0.3, 0.4) is 0 Å². The zero-order chi connectivity index (χ0) is 9.14. The maximum atomic E-state index is 8.56. The molecule has 1 atom stereocenters. The molecule has 0 heterocycles. The highest BCUT2D eigenvalue weighted by Gasteiger charge is 2.04. The van der Waals surface area contributed by atoms with Crippen molar-refractivity contribution in [3.05, 3.63) is 33.8 Å². The average Bonchev–Trinajstić information content (AvgIpc) is 2.08. The van der Waals surface area contributed by atoms with E-state index in [1.54, 1.807) is 0 Å². The van der Waals surface area contributed by atoms with Gasteiger partial charge in [-0.2, -0.15) is 5.48 Å². The van der Waals surface area contributed by atoms with Gasteiger partial charge in [-0.25, -0.2) is 0 Å². The van der Waals surface area contributed by atoms with Gasteiger partial charge in [0.05, 0.1) is 0 Å². The molecule has 0 saturated carbocycles. The molecule has 4 N–H and O–H groups in total. The van der Waals surface area contributed by atoms with E-state index in [2.05, 4.69) is 15.9 Å². The average molecular weight is 231 g/mol. The smallest absolute Gasteiger partial charge is 0.104 e. The summed E-state index contributed by atoms with van der Waals surface area (Å²) in [6.07, 6.45) is -0.526. The molecule has 1 aromatic rings. The van der Waals surface area contributed by atoms with Crippen molar-refractivity contribution in [3.8, 4) is 0 Å². The largest absolute Gasteiger partial charge is 0.315 e. The third-order valence-corrected chi connectivity index (χ3v) is 2.55. The van der Waals surface area contributed by atoms with Gasteiger partial charge in [-0.1, -0.05) is 28.1 Å². The van der Waals surface area contributed by atoms with Crippen LogP contribution in [0, 0.1) is 6.92 Å². The van der Waals surface area contributed by atoms with Crippen molar-refractivity contribution in [3.63, 3.8) is 0 Å². The van der Waals surface area contributed by atoms with Crippen LogP contribution >= 0.6 is 15.9 Å². The molecule has 0 radical (unpaired) electrons. The molecule has 1 aromatic carbocycles. The molecular weight excluding hydrogens is 220 g/mol. The summed E-state index contributed by atoms with van der Waals surface area (Å²) < 4.78 is 0.991. The third-order valence-electron chi connectivity index (χ3n) is 1.69. The number of nitrogens with two attached hydrogens (primary N) is 1. The fraction of sp³-hybridized carbons (Fsp3) is 0.250. The predicted octanol–water partition coefficient (Wildman–Crippen LogP) is 1.69. The molecule has 0 amide bonds. The van der Waals surface area contributed by atoms with Crippen LogP contribution in [0.25, 0.3) is 0 Å². The predicted molar refractivity (Wildman–Crippen MR) is 50.7 cm³/mol. The van der Waals surface area contributed by atoms with Crippen LogP contribution in [-0.4, -0.2) is 5.21 Å². The Bertz CT molecular complexity index is 278. The number of aryl methyl sites for hydroxylation is 1. The fourth-order valence-electron chi connectivity index (χ4n) is 0.877. The maximum Gasteiger partial charge on any atom is 0.104 e. The van der Waals surface area contributed by atoms with E-state index in [4.69, 9.17) is 10.9 Å². The van der Waals surface area contributed by atoms with Crippen LogP contribution < -0.4 is 11.2 Å². The van der Waals surface area contributed by atoms with Gasteiger partial charge in [0.15, 0.2) is 0 Å². The fourth-order valence-corrected chi connectivity index (χ4v) is 1.27. The number of hydrogen-bond donors (Lipinski definition) is 3. The minimum absolute atomic E-state index is 0.526. The highest BCUT2D eigenvalue weighted by Crippen LogP contribution is 2.19. The Morgan fingerprint density at radius 2 is 2.25 bits per heavy atom. The molecule has 4 heteroatoms. The molecule has 3 nitrogen and oxygen atoms in total. The maximum absolute atomic E-state index is 8.56. The molecular formula is C8H11BrN2O. The summed E-state index contributed by atoms with van der Waals surface area (Å²) in [5.41, 5.74) is 9.50. The van der Waals surface area contributed by atoms with Crippen LogP contribution in [0.15, 0.2) is 22.7 Å². The van der Waals surface area contributed by atoms with Crippen molar-refractivity contribution in [2.24, 2.45) is 5.73 Å². The van der Waals surface area contributed by atoms with Crippen molar-refractivity contribution >= 4 is 15.9 Å². The van der Waals surface area contributed by atoms with Gasteiger partial charge in [0, 0.05) is 4.47 Å². The van der Waals surface area contributed by atoms with Crippen LogP contribution in [0.2, 0.25) is 0 Å². The normalized spacial score (nSPS) is 13.0. The first-order valence-corrected chi connectivity index (χ1v) is 4.35. The second kappa shape index (κ2) is 4.00. The van der Waals surface area contributed by atoms with Gasteiger partial charge >= 0.3 is 0 Å². The van der Waals surface area contributed by atoms with Crippen LogP contribution in [0.4, 0.5) is 0 Å². The Balaban J connectivity index is 2.96. The van der Waals surface area contributed by atoms with E-state index in [1.807, 2.05) is 30.6 Å². The minimum Gasteiger partial charge on any atom is -0.315 e. The Morgan fingerprint density at radius 1 is 1.58 bits per heavy atom. The summed E-state index contributed by atoms with van der Waals surface area (Å²) in [6, 6.07) is 5.69. The lowest BCUT2D eigenvalue weighted by Gasteiger charge is -2.10. The molecule has 1 rings (SSSR count). The lowest BCUT2D eigenvalue weighted by Crippen LogP contribution is -2.25. The lowest BCUT2D eigenvalue weighted by molar-refractivity contribution is 0.128. The number of rotatable bonds is 2. The molecule has 0 spiro atoms. The van der Waals surface area contributed by atoms with Crippen LogP contribution in [-0.2, 0) is 0 Å². The molecule has 1 unspecified atom stereocenters. The van der Waals surface area contributed by atoms with Gasteiger partial charge in [-0.15, -0.1) is 0 Å². The first kappa shape index (κ1) is 9.67. The quantitative estimate of drug-likeness (QED) is 0.536. The van der Waals surface area contributed by atoms with E-state index in [1.165, 1.54) is 0 Å². The van der Waals surface area contributed by atoms with Crippen LogP contribution in [0.5, 0.6) is 0 Å². The second-order valence-electron chi connectivity index (χ2n) is 2.62. The van der Waals surface area contributed by atoms with Gasteiger partial charge in [-0.05, 0) is 24.1 Å². The number of nitrogens with one attached hydrogen (secondary N) is 1. The number of hydroxylamine groups is 1. The summed E-state index contributed by atoms with van der Waals surface area (Å²) in [5.74, 6) is 0. The molecule has 0 bridgehead atoms. The summed E-state index contributed by atoms with van der Waals surface area (Å²) >= 11 is 3.38. The highest BCUT2D eigenvalue weighted by atomic mass is 79.9.